The molecular formula is C13H18ClF2NO2S. The first-order valence-electron chi connectivity index (χ1n) is 6.24. The van der Waals surface area contributed by atoms with E-state index in [1.807, 2.05) is 13.8 Å². The van der Waals surface area contributed by atoms with E-state index in [0.29, 0.717) is 12.5 Å². The normalized spacial score (nSPS) is 13.8. The Labute approximate surface area is 123 Å². The van der Waals surface area contributed by atoms with Gasteiger partial charge in [-0.2, -0.15) is 8.78 Å². The van der Waals surface area contributed by atoms with E-state index < -0.39 is 20.5 Å². The van der Waals surface area contributed by atoms with E-state index in [2.05, 4.69) is 5.32 Å². The van der Waals surface area contributed by atoms with Gasteiger partial charge in [0.1, 0.15) is 0 Å². The van der Waals surface area contributed by atoms with Crippen LogP contribution in [-0.2, 0) is 9.84 Å². The van der Waals surface area contributed by atoms with Crippen LogP contribution < -0.4 is 5.32 Å². The number of hydrogen-bond acceptors (Lipinski definition) is 3. The highest BCUT2D eigenvalue weighted by molar-refractivity contribution is 7.91. The van der Waals surface area contributed by atoms with Crippen molar-refractivity contribution in [3.8, 4) is 0 Å². The van der Waals surface area contributed by atoms with Gasteiger partial charge in [-0.25, -0.2) is 8.42 Å². The summed E-state index contributed by atoms with van der Waals surface area (Å²) in [6.07, 6.45) is 0.748. The number of sulfone groups is 1. The molecule has 7 heteroatoms. The van der Waals surface area contributed by atoms with Gasteiger partial charge in [-0.1, -0.05) is 26.0 Å². The molecule has 1 unspecified atom stereocenters. The van der Waals surface area contributed by atoms with Gasteiger partial charge in [0.25, 0.3) is 0 Å². The molecule has 0 saturated carbocycles. The Balaban J connectivity index is 2.87. The van der Waals surface area contributed by atoms with Crippen molar-refractivity contribution in [2.24, 2.45) is 5.92 Å². The number of halogens is 3. The van der Waals surface area contributed by atoms with Gasteiger partial charge in [0.05, 0.1) is 16.0 Å². The quantitative estimate of drug-likeness (QED) is 0.777. The molecule has 0 aromatic heterocycles. The van der Waals surface area contributed by atoms with E-state index >= 15 is 0 Å². The lowest BCUT2D eigenvalue weighted by molar-refractivity contribution is 0.235. The minimum Gasteiger partial charge on any atom is -0.383 e. The molecule has 0 spiro atoms. The van der Waals surface area contributed by atoms with E-state index in [9.17, 15) is 17.2 Å². The van der Waals surface area contributed by atoms with Crippen molar-refractivity contribution < 1.29 is 17.2 Å². The maximum Gasteiger partial charge on any atom is 0.341 e. The zero-order valence-electron chi connectivity index (χ0n) is 11.3. The second-order valence-corrected chi connectivity index (χ2v) is 7.41. The van der Waals surface area contributed by atoms with Crippen LogP contribution in [0.15, 0.2) is 29.2 Å². The van der Waals surface area contributed by atoms with Gasteiger partial charge >= 0.3 is 5.76 Å². The third kappa shape index (κ3) is 4.59. The molecule has 20 heavy (non-hydrogen) atoms. The van der Waals surface area contributed by atoms with Gasteiger partial charge < -0.3 is 5.32 Å². The van der Waals surface area contributed by atoms with Crippen molar-refractivity contribution >= 4 is 27.1 Å². The SMILES string of the molecule is CC(C)CC(Cl)CNc1ccccc1S(=O)(=O)C(F)F. The Morgan fingerprint density at radius 1 is 1.25 bits per heavy atom. The third-order valence-electron chi connectivity index (χ3n) is 2.67. The number of hydrogen-bond donors (Lipinski definition) is 1. The first kappa shape index (κ1) is 17.2. The molecule has 1 rings (SSSR count). The maximum absolute atomic E-state index is 12.6. The summed E-state index contributed by atoms with van der Waals surface area (Å²) in [5.41, 5.74) is 0.155. The highest BCUT2D eigenvalue weighted by Crippen LogP contribution is 2.26. The van der Waals surface area contributed by atoms with Crippen LogP contribution in [0.5, 0.6) is 0 Å². The summed E-state index contributed by atoms with van der Waals surface area (Å²) < 4.78 is 48.3. The zero-order chi connectivity index (χ0) is 15.3. The maximum atomic E-state index is 12.6. The van der Waals surface area contributed by atoms with Crippen LogP contribution in [0.3, 0.4) is 0 Å². The first-order chi connectivity index (χ1) is 9.25. The molecule has 1 aromatic rings. The Bertz CT molecular complexity index is 535. The van der Waals surface area contributed by atoms with Crippen LogP contribution >= 0.6 is 11.6 Å². The summed E-state index contributed by atoms with van der Waals surface area (Å²) in [5.74, 6) is -3.03. The lowest BCUT2D eigenvalue weighted by Gasteiger charge is -2.16. The van der Waals surface area contributed by atoms with Crippen LogP contribution in [0.4, 0.5) is 14.5 Å². The van der Waals surface area contributed by atoms with Crippen LogP contribution in [0.2, 0.25) is 0 Å². The number of nitrogens with one attached hydrogen (secondary N) is 1. The highest BCUT2D eigenvalue weighted by atomic mass is 35.5. The highest BCUT2D eigenvalue weighted by Gasteiger charge is 2.29. The molecule has 0 fully saturated rings. The van der Waals surface area contributed by atoms with Crippen molar-refractivity contribution in [1.29, 1.82) is 0 Å². The minimum absolute atomic E-state index is 0.155. The number of para-hydroxylation sites is 1. The predicted octanol–water partition coefficient (Wildman–Crippen LogP) is 3.75. The largest absolute Gasteiger partial charge is 0.383 e. The molecule has 3 nitrogen and oxygen atoms in total. The molecular weight excluding hydrogens is 308 g/mol. The first-order valence-corrected chi connectivity index (χ1v) is 8.22. The topological polar surface area (TPSA) is 46.2 Å². The van der Waals surface area contributed by atoms with E-state index in [1.54, 1.807) is 6.07 Å². The summed E-state index contributed by atoms with van der Waals surface area (Å²) >= 11 is 6.09. The average molecular weight is 326 g/mol. The Morgan fingerprint density at radius 2 is 1.85 bits per heavy atom. The van der Waals surface area contributed by atoms with Crippen LogP contribution in [0.1, 0.15) is 20.3 Å². The lowest BCUT2D eigenvalue weighted by Crippen LogP contribution is -2.19. The van der Waals surface area contributed by atoms with Crippen molar-refractivity contribution in [3.63, 3.8) is 0 Å². The van der Waals surface area contributed by atoms with Gasteiger partial charge in [-0.3, -0.25) is 0 Å². The fourth-order valence-electron chi connectivity index (χ4n) is 1.77. The number of alkyl halides is 3. The summed E-state index contributed by atoms with van der Waals surface area (Å²) in [6.45, 7) is 4.35. The third-order valence-corrected chi connectivity index (χ3v) is 4.44. The summed E-state index contributed by atoms with van der Waals surface area (Å²) in [6, 6.07) is 5.61. The monoisotopic (exact) mass is 325 g/mol. The molecule has 0 aliphatic rings. The molecule has 0 aliphatic carbocycles. The van der Waals surface area contributed by atoms with Gasteiger partial charge in [0.15, 0.2) is 0 Å². The molecule has 0 bridgehead atoms. The molecule has 1 N–H and O–H groups in total. The van der Waals surface area contributed by atoms with E-state index in [4.69, 9.17) is 11.6 Å². The van der Waals surface area contributed by atoms with Crippen molar-refractivity contribution in [2.75, 3.05) is 11.9 Å². The van der Waals surface area contributed by atoms with E-state index in [0.717, 1.165) is 12.5 Å². The molecule has 114 valence electrons. The molecule has 0 radical (unpaired) electrons. The second-order valence-electron chi connectivity index (χ2n) is 4.91. The molecule has 1 atom stereocenters. The molecule has 0 saturated heterocycles. The van der Waals surface area contributed by atoms with Gasteiger partial charge in [-0.05, 0) is 24.5 Å². The molecule has 0 heterocycles. The fourth-order valence-corrected chi connectivity index (χ4v) is 3.11. The minimum atomic E-state index is -4.62. The Morgan fingerprint density at radius 3 is 2.40 bits per heavy atom. The van der Waals surface area contributed by atoms with Crippen molar-refractivity contribution in [3.05, 3.63) is 24.3 Å². The van der Waals surface area contributed by atoms with Crippen molar-refractivity contribution in [2.45, 2.75) is 36.3 Å². The molecule has 1 aromatic carbocycles. The fraction of sp³-hybridized carbons (Fsp3) is 0.538. The van der Waals surface area contributed by atoms with Gasteiger partial charge in [0, 0.05) is 6.54 Å². The van der Waals surface area contributed by atoms with Crippen molar-refractivity contribution in [1.82, 2.24) is 0 Å². The van der Waals surface area contributed by atoms with Crippen LogP contribution in [0, 0.1) is 5.92 Å². The standard InChI is InChI=1S/C13H18ClF2NO2S/c1-9(2)7-10(14)8-17-11-5-3-4-6-12(11)20(18,19)13(15)16/h3-6,9-10,13,17H,7-8H2,1-2H3. The number of anilines is 1. The summed E-state index contributed by atoms with van der Waals surface area (Å²) in [5, 5.41) is 2.64. The van der Waals surface area contributed by atoms with E-state index in [1.165, 1.54) is 12.1 Å². The average Bonchev–Trinajstić information content (AvgIpc) is 2.35. The van der Waals surface area contributed by atoms with Crippen LogP contribution in [0.25, 0.3) is 0 Å². The summed E-state index contributed by atoms with van der Waals surface area (Å²) in [4.78, 5) is -0.400. The number of benzene rings is 1. The zero-order valence-corrected chi connectivity index (χ0v) is 12.9. The van der Waals surface area contributed by atoms with Gasteiger partial charge in [-0.15, -0.1) is 11.6 Å². The Hall–Kier alpha value is -0.880. The second kappa shape index (κ2) is 7.22. The smallest absolute Gasteiger partial charge is 0.341 e. The van der Waals surface area contributed by atoms with Gasteiger partial charge in [0.2, 0.25) is 9.84 Å². The molecule has 0 aliphatic heterocycles. The summed E-state index contributed by atoms with van der Waals surface area (Å²) in [7, 11) is -4.62. The number of rotatable bonds is 7. The lowest BCUT2D eigenvalue weighted by atomic mass is 10.1. The Kier molecular flexibility index (Phi) is 6.20. The van der Waals surface area contributed by atoms with Crippen LogP contribution in [-0.4, -0.2) is 26.1 Å². The predicted molar refractivity (Wildman–Crippen MR) is 77.2 cm³/mol. The van der Waals surface area contributed by atoms with E-state index in [-0.39, 0.29) is 11.1 Å². The molecule has 0 amide bonds.